The average molecular weight is 337 g/mol. The van der Waals surface area contributed by atoms with Crippen LogP contribution in [0, 0.1) is 0 Å². The highest BCUT2D eigenvalue weighted by molar-refractivity contribution is 5.77. The predicted octanol–water partition coefficient (Wildman–Crippen LogP) is 3.76. The minimum atomic E-state index is -4.37. The van der Waals surface area contributed by atoms with Crippen LogP contribution in [0.3, 0.4) is 0 Å². The lowest BCUT2D eigenvalue weighted by Gasteiger charge is -2.30. The van der Waals surface area contributed by atoms with Gasteiger partial charge in [0.2, 0.25) is 5.88 Å². The van der Waals surface area contributed by atoms with Gasteiger partial charge in [-0.1, -0.05) is 6.92 Å². The van der Waals surface area contributed by atoms with Gasteiger partial charge in [0.15, 0.2) is 6.61 Å². The van der Waals surface area contributed by atoms with Crippen molar-refractivity contribution < 1.29 is 17.9 Å². The second-order valence-electron chi connectivity index (χ2n) is 5.69. The summed E-state index contributed by atoms with van der Waals surface area (Å²) in [5, 5.41) is 4.23. The fourth-order valence-corrected chi connectivity index (χ4v) is 2.74. The topological polar surface area (TPSA) is 28.6 Å². The van der Waals surface area contributed by atoms with Crippen LogP contribution in [0.5, 0.6) is 5.88 Å². The number of likely N-dealkylation sites (N-methyl/N-ethyl adjacent to an activating group) is 1. The third-order valence-electron chi connectivity index (χ3n) is 4.02. The molecule has 2 aliphatic heterocycles. The Morgan fingerprint density at radius 2 is 2.08 bits per heavy atom. The van der Waals surface area contributed by atoms with Gasteiger partial charge in [0.05, 0.1) is 5.70 Å². The molecule has 0 aliphatic carbocycles. The van der Waals surface area contributed by atoms with E-state index in [1.807, 2.05) is 25.4 Å². The molecule has 1 unspecified atom stereocenters. The number of rotatable bonds is 4. The quantitative estimate of drug-likeness (QED) is 0.836. The molecule has 4 nitrogen and oxygen atoms in total. The third kappa shape index (κ3) is 3.46. The number of hydrogen-bond acceptors (Lipinski definition) is 4. The lowest BCUT2D eigenvalue weighted by atomic mass is 10.0. The standard InChI is InChI=1S/C17H18F3N3O/c1-3-14-9-15-8-12(6-7-23(15)22(14)2)13-4-5-16(21-10-13)24-11-17(18,19)20/h4-10,14H,3,11H2,1-2H3. The van der Waals surface area contributed by atoms with Crippen molar-refractivity contribution in [1.82, 2.24) is 15.0 Å². The maximum absolute atomic E-state index is 12.1. The molecule has 7 heteroatoms. The number of fused-ring (bicyclic) bond motifs is 1. The molecule has 0 bridgehead atoms. The zero-order valence-electron chi connectivity index (χ0n) is 13.4. The van der Waals surface area contributed by atoms with E-state index in [0.29, 0.717) is 6.04 Å². The van der Waals surface area contributed by atoms with Gasteiger partial charge in [0, 0.05) is 37.1 Å². The van der Waals surface area contributed by atoms with Crippen molar-refractivity contribution in [2.45, 2.75) is 25.6 Å². The lowest BCUT2D eigenvalue weighted by molar-refractivity contribution is -0.154. The number of hydrogen-bond donors (Lipinski definition) is 0. The molecule has 2 aliphatic rings. The van der Waals surface area contributed by atoms with Gasteiger partial charge in [-0.15, -0.1) is 0 Å². The molecule has 128 valence electrons. The third-order valence-corrected chi connectivity index (χ3v) is 4.02. The van der Waals surface area contributed by atoms with Crippen molar-refractivity contribution in [3.8, 4) is 5.88 Å². The molecule has 1 atom stereocenters. The minimum absolute atomic E-state index is 0.0380. The zero-order valence-corrected chi connectivity index (χ0v) is 13.4. The number of pyridine rings is 1. The summed E-state index contributed by atoms with van der Waals surface area (Å²) in [7, 11) is 2.04. The highest BCUT2D eigenvalue weighted by atomic mass is 19.4. The summed E-state index contributed by atoms with van der Waals surface area (Å²) in [5.41, 5.74) is 2.87. The number of nitrogens with zero attached hydrogens (tertiary/aromatic N) is 3. The Morgan fingerprint density at radius 1 is 1.29 bits per heavy atom. The Bertz CT molecular complexity index is 692. The van der Waals surface area contributed by atoms with Gasteiger partial charge in [-0.3, -0.25) is 5.01 Å². The van der Waals surface area contributed by atoms with Crippen molar-refractivity contribution in [2.75, 3.05) is 13.7 Å². The monoisotopic (exact) mass is 337 g/mol. The molecular formula is C17H18F3N3O. The van der Waals surface area contributed by atoms with E-state index in [4.69, 9.17) is 0 Å². The highest BCUT2D eigenvalue weighted by Gasteiger charge is 2.29. The molecule has 0 N–H and O–H groups in total. The van der Waals surface area contributed by atoms with Crippen molar-refractivity contribution in [2.24, 2.45) is 0 Å². The fourth-order valence-electron chi connectivity index (χ4n) is 2.74. The van der Waals surface area contributed by atoms with Gasteiger partial charge >= 0.3 is 6.18 Å². The molecule has 1 aromatic heterocycles. The number of hydrazine groups is 1. The van der Waals surface area contributed by atoms with Crippen molar-refractivity contribution in [1.29, 1.82) is 0 Å². The zero-order chi connectivity index (χ0) is 17.3. The van der Waals surface area contributed by atoms with Crippen LogP contribution in [-0.4, -0.2) is 40.9 Å². The van der Waals surface area contributed by atoms with Crippen molar-refractivity contribution in [3.63, 3.8) is 0 Å². The van der Waals surface area contributed by atoms with Gasteiger partial charge < -0.3 is 4.74 Å². The number of ether oxygens (including phenoxy) is 1. The van der Waals surface area contributed by atoms with Crippen LogP contribution in [0.15, 0.2) is 48.5 Å². The van der Waals surface area contributed by atoms with Crippen LogP contribution in [0.2, 0.25) is 0 Å². The minimum Gasteiger partial charge on any atom is -0.468 e. The lowest BCUT2D eigenvalue weighted by Crippen LogP contribution is -2.35. The summed E-state index contributed by atoms with van der Waals surface area (Å²) in [6.07, 6.45) is 6.34. The van der Waals surface area contributed by atoms with Gasteiger partial charge in [0.25, 0.3) is 0 Å². The van der Waals surface area contributed by atoms with E-state index in [9.17, 15) is 13.2 Å². The summed E-state index contributed by atoms with van der Waals surface area (Å²) in [5.74, 6) is -0.0380. The van der Waals surface area contributed by atoms with Gasteiger partial charge in [-0.2, -0.15) is 13.2 Å². The first kappa shape index (κ1) is 16.6. The molecule has 24 heavy (non-hydrogen) atoms. The Labute approximate surface area is 138 Å². The van der Waals surface area contributed by atoms with Crippen molar-refractivity contribution >= 4 is 5.57 Å². The molecule has 3 rings (SSSR count). The molecule has 1 aromatic rings. The molecule has 0 saturated heterocycles. The van der Waals surface area contributed by atoms with Gasteiger partial charge in [0.1, 0.15) is 0 Å². The first-order valence-electron chi connectivity index (χ1n) is 7.67. The van der Waals surface area contributed by atoms with E-state index < -0.39 is 12.8 Å². The van der Waals surface area contributed by atoms with Crippen LogP contribution in [0.1, 0.15) is 18.9 Å². The Kier molecular flexibility index (Phi) is 4.36. The molecule has 0 amide bonds. The molecular weight excluding hydrogens is 319 g/mol. The summed E-state index contributed by atoms with van der Waals surface area (Å²) < 4.78 is 41.1. The number of aromatic nitrogens is 1. The van der Waals surface area contributed by atoms with Crippen LogP contribution in [0.4, 0.5) is 13.2 Å². The smallest absolute Gasteiger partial charge is 0.422 e. The highest BCUT2D eigenvalue weighted by Crippen LogP contribution is 2.31. The van der Waals surface area contributed by atoms with Gasteiger partial charge in [-0.25, -0.2) is 9.99 Å². The molecule has 0 saturated carbocycles. The first-order chi connectivity index (χ1) is 11.4. The summed E-state index contributed by atoms with van der Waals surface area (Å²) in [4.78, 5) is 3.95. The molecule has 0 spiro atoms. The number of alkyl halides is 3. The van der Waals surface area contributed by atoms with E-state index in [-0.39, 0.29) is 5.88 Å². The predicted molar refractivity (Wildman–Crippen MR) is 84.7 cm³/mol. The average Bonchev–Trinajstić information content (AvgIpc) is 2.88. The maximum Gasteiger partial charge on any atom is 0.422 e. The van der Waals surface area contributed by atoms with E-state index >= 15 is 0 Å². The fraction of sp³-hybridized carbons (Fsp3) is 0.353. The van der Waals surface area contributed by atoms with E-state index in [1.54, 1.807) is 6.07 Å². The number of halogens is 3. The molecule has 0 fully saturated rings. The van der Waals surface area contributed by atoms with E-state index in [2.05, 4.69) is 32.7 Å². The second-order valence-corrected chi connectivity index (χ2v) is 5.69. The summed E-state index contributed by atoms with van der Waals surface area (Å²) in [6, 6.07) is 3.52. The van der Waals surface area contributed by atoms with E-state index in [0.717, 1.165) is 23.3 Å². The normalized spacial score (nSPS) is 20.7. The van der Waals surface area contributed by atoms with Crippen LogP contribution in [-0.2, 0) is 0 Å². The Hall–Kier alpha value is -2.28. The SMILES string of the molecule is CCC1C=C2C=C(c3ccc(OCC(F)(F)F)nc3)C=CN2N1C. The van der Waals surface area contributed by atoms with Gasteiger partial charge in [-0.05, 0) is 36.3 Å². The number of allylic oxidation sites excluding steroid dienone is 3. The largest absolute Gasteiger partial charge is 0.468 e. The van der Waals surface area contributed by atoms with Crippen LogP contribution < -0.4 is 4.74 Å². The van der Waals surface area contributed by atoms with Crippen LogP contribution >= 0.6 is 0 Å². The Balaban J connectivity index is 1.74. The van der Waals surface area contributed by atoms with Crippen LogP contribution in [0.25, 0.3) is 5.57 Å². The Morgan fingerprint density at radius 3 is 2.71 bits per heavy atom. The van der Waals surface area contributed by atoms with Crippen molar-refractivity contribution in [3.05, 3.63) is 54.0 Å². The summed E-state index contributed by atoms with van der Waals surface area (Å²) >= 11 is 0. The first-order valence-corrected chi connectivity index (χ1v) is 7.67. The molecule has 0 radical (unpaired) electrons. The molecule has 3 heterocycles. The summed E-state index contributed by atoms with van der Waals surface area (Å²) in [6.45, 7) is 0.795. The second kappa shape index (κ2) is 6.32. The van der Waals surface area contributed by atoms with E-state index in [1.165, 1.54) is 12.3 Å². The molecule has 0 aromatic carbocycles. The maximum atomic E-state index is 12.1.